The quantitative estimate of drug-likeness (QED) is 0.206. The molecular formula is C33H51N3O10Si2. The van der Waals surface area contributed by atoms with E-state index in [4.69, 9.17) is 23.1 Å². The number of H-pyrrole nitrogens is 1. The Bertz CT molecular complexity index is 1560. The number of nitrogens with zero attached hydrogens (tertiary/aromatic N) is 1. The zero-order chi connectivity index (χ0) is 35.8. The number of carboxylic acid groups (broad SMARTS) is 1. The number of aliphatic carboxylic acids is 1. The van der Waals surface area contributed by atoms with Gasteiger partial charge in [0.25, 0.3) is 11.5 Å². The molecule has 0 unspecified atom stereocenters. The number of nitrogens with one attached hydrogen (secondary N) is 2. The summed E-state index contributed by atoms with van der Waals surface area (Å²) >= 11 is 0. The summed E-state index contributed by atoms with van der Waals surface area (Å²) < 4.78 is 33.3. The second-order valence-corrected chi connectivity index (χ2v) is 25.1. The normalized spacial score (nSPS) is 25.5. The molecule has 2 aromatic rings. The third kappa shape index (κ3) is 8.62. The second-order valence-electron chi connectivity index (χ2n) is 15.6. The summed E-state index contributed by atoms with van der Waals surface area (Å²) in [7, 11) is -5.04. The summed E-state index contributed by atoms with van der Waals surface area (Å²) in [4.78, 5) is 52.8. The van der Waals surface area contributed by atoms with E-state index >= 15 is 0 Å². The van der Waals surface area contributed by atoms with E-state index in [1.807, 2.05) is 30.3 Å². The van der Waals surface area contributed by atoms with Crippen LogP contribution in [0, 0.1) is 0 Å². The smallest absolute Gasteiger partial charge is 0.330 e. The van der Waals surface area contributed by atoms with Gasteiger partial charge in [0.2, 0.25) is 0 Å². The molecule has 0 bridgehead atoms. The summed E-state index contributed by atoms with van der Waals surface area (Å²) in [6, 6.07) is 9.22. The van der Waals surface area contributed by atoms with Crippen LogP contribution in [0.2, 0.25) is 36.3 Å². The van der Waals surface area contributed by atoms with Crippen molar-refractivity contribution in [3.05, 3.63) is 69.0 Å². The first-order chi connectivity index (χ1) is 22.1. The average Bonchev–Trinajstić information content (AvgIpc) is 3.69. The molecule has 1 aromatic carbocycles. The van der Waals surface area contributed by atoms with Crippen molar-refractivity contribution >= 4 is 28.5 Å². The lowest BCUT2D eigenvalue weighted by Crippen LogP contribution is -2.54. The van der Waals surface area contributed by atoms with E-state index in [2.05, 4.69) is 78.0 Å². The van der Waals surface area contributed by atoms with E-state index in [0.29, 0.717) is 0 Å². The Labute approximate surface area is 283 Å². The number of aromatic amines is 1. The number of hydrogen-bond donors (Lipinski definition) is 3. The Morgan fingerprint density at radius 2 is 1.50 bits per heavy atom. The van der Waals surface area contributed by atoms with E-state index in [0.717, 1.165) is 5.56 Å². The van der Waals surface area contributed by atoms with Crippen molar-refractivity contribution in [2.45, 2.75) is 127 Å². The number of carboxylic acids is 1. The number of carbonyl (C=O) groups excluding carboxylic acids is 1. The largest absolute Gasteiger partial charge is 0.480 e. The van der Waals surface area contributed by atoms with Gasteiger partial charge in [0, 0.05) is 12.3 Å². The van der Waals surface area contributed by atoms with Crippen molar-refractivity contribution in [1.82, 2.24) is 14.9 Å². The maximum atomic E-state index is 13.4. The molecule has 2 saturated heterocycles. The van der Waals surface area contributed by atoms with Crippen LogP contribution < -0.4 is 16.6 Å². The predicted molar refractivity (Wildman–Crippen MR) is 184 cm³/mol. The van der Waals surface area contributed by atoms with Gasteiger partial charge >= 0.3 is 11.7 Å². The Morgan fingerprint density at radius 1 is 0.917 bits per heavy atom. The molecule has 48 heavy (non-hydrogen) atoms. The third-order valence-electron chi connectivity index (χ3n) is 9.94. The monoisotopic (exact) mass is 705 g/mol. The summed E-state index contributed by atoms with van der Waals surface area (Å²) in [5.41, 5.74) is -0.353. The lowest BCUT2D eigenvalue weighted by atomic mass is 10.1. The van der Waals surface area contributed by atoms with Crippen molar-refractivity contribution in [1.29, 1.82) is 0 Å². The fourth-order valence-electron chi connectivity index (χ4n) is 4.96. The number of carbonyl (C=O) groups is 2. The highest BCUT2D eigenvalue weighted by atomic mass is 28.4. The minimum Gasteiger partial charge on any atom is -0.480 e. The molecule has 2 aliphatic rings. The number of benzene rings is 1. The minimum atomic E-state index is -2.52. The Kier molecular flexibility index (Phi) is 11.2. The van der Waals surface area contributed by atoms with Gasteiger partial charge in [0.15, 0.2) is 35.0 Å². The second kappa shape index (κ2) is 14.1. The first-order valence-corrected chi connectivity index (χ1v) is 22.1. The van der Waals surface area contributed by atoms with Crippen LogP contribution in [0.25, 0.3) is 0 Å². The highest BCUT2D eigenvalue weighted by Gasteiger charge is 2.62. The molecule has 2 aliphatic heterocycles. The van der Waals surface area contributed by atoms with Gasteiger partial charge in [-0.05, 0) is 41.8 Å². The van der Waals surface area contributed by atoms with Gasteiger partial charge < -0.3 is 33.5 Å². The first-order valence-electron chi connectivity index (χ1n) is 16.3. The summed E-state index contributed by atoms with van der Waals surface area (Å²) in [5.74, 6) is -1.87. The van der Waals surface area contributed by atoms with Crippen molar-refractivity contribution in [2.75, 3.05) is 6.61 Å². The number of aromatic nitrogens is 2. The number of amides is 1. The van der Waals surface area contributed by atoms with E-state index in [1.165, 1.54) is 16.8 Å². The summed E-state index contributed by atoms with van der Waals surface area (Å²) in [5, 5.41) is 11.9. The van der Waals surface area contributed by atoms with Gasteiger partial charge in [0.05, 0.1) is 13.2 Å². The van der Waals surface area contributed by atoms with Crippen LogP contribution in [0.15, 0.2) is 52.2 Å². The van der Waals surface area contributed by atoms with Crippen LogP contribution in [0.1, 0.15) is 53.3 Å². The molecule has 1 amide bonds. The first kappa shape index (κ1) is 37.9. The number of epoxide rings is 1. The molecule has 7 atom stereocenters. The maximum Gasteiger partial charge on any atom is 0.330 e. The van der Waals surface area contributed by atoms with E-state index in [1.54, 1.807) is 0 Å². The van der Waals surface area contributed by atoms with E-state index < -0.39 is 82.5 Å². The highest BCUT2D eigenvalue weighted by molar-refractivity contribution is 6.74. The maximum absolute atomic E-state index is 13.4. The molecule has 3 N–H and O–H groups in total. The van der Waals surface area contributed by atoms with Crippen LogP contribution in [-0.2, 0) is 39.3 Å². The zero-order valence-corrected chi connectivity index (χ0v) is 31.6. The molecule has 0 radical (unpaired) electrons. The molecule has 0 saturated carbocycles. The lowest BCUT2D eigenvalue weighted by molar-refractivity contribution is -0.144. The summed E-state index contributed by atoms with van der Waals surface area (Å²) in [6.45, 7) is 20.9. The van der Waals surface area contributed by atoms with Gasteiger partial charge in [-0.2, -0.15) is 0 Å². The molecule has 0 spiro atoms. The molecule has 1 aromatic heterocycles. The molecule has 2 fully saturated rings. The average molecular weight is 706 g/mol. The Hall–Kier alpha value is -2.93. The molecule has 15 heteroatoms. The fourth-order valence-corrected chi connectivity index (χ4v) is 7.54. The van der Waals surface area contributed by atoms with Crippen molar-refractivity contribution in [2.24, 2.45) is 0 Å². The topological polar surface area (TPSA) is 171 Å². The highest BCUT2D eigenvalue weighted by Crippen LogP contribution is 2.48. The lowest BCUT2D eigenvalue weighted by Gasteiger charge is -2.44. The van der Waals surface area contributed by atoms with Crippen LogP contribution in [0.5, 0.6) is 0 Å². The Morgan fingerprint density at radius 3 is 2.04 bits per heavy atom. The fraction of sp³-hybridized carbons (Fsp3) is 0.636. The number of ether oxygens (including phenoxy) is 3. The van der Waals surface area contributed by atoms with Crippen molar-refractivity contribution in [3.63, 3.8) is 0 Å². The van der Waals surface area contributed by atoms with Gasteiger partial charge in [-0.3, -0.25) is 19.1 Å². The van der Waals surface area contributed by atoms with Crippen LogP contribution in [-0.4, -0.2) is 86.3 Å². The molecule has 266 valence electrons. The summed E-state index contributed by atoms with van der Waals surface area (Å²) in [6.07, 6.45) is -3.88. The predicted octanol–water partition coefficient (Wildman–Crippen LogP) is 3.77. The van der Waals surface area contributed by atoms with Crippen molar-refractivity contribution < 1.29 is 37.8 Å². The molecule has 3 heterocycles. The number of hydrogen-bond acceptors (Lipinski definition) is 9. The molecule has 4 rings (SSSR count). The zero-order valence-electron chi connectivity index (χ0n) is 29.6. The Balaban J connectivity index is 1.62. The van der Waals surface area contributed by atoms with Crippen LogP contribution in [0.3, 0.4) is 0 Å². The van der Waals surface area contributed by atoms with Gasteiger partial charge in [-0.25, -0.2) is 9.59 Å². The van der Waals surface area contributed by atoms with Gasteiger partial charge in [-0.1, -0.05) is 71.9 Å². The third-order valence-corrected chi connectivity index (χ3v) is 18.9. The molecule has 0 aliphatic carbocycles. The molecule has 13 nitrogen and oxygen atoms in total. The van der Waals surface area contributed by atoms with Crippen LogP contribution in [0.4, 0.5) is 0 Å². The van der Waals surface area contributed by atoms with Crippen LogP contribution >= 0.6 is 0 Å². The molecular weight excluding hydrogens is 655 g/mol. The van der Waals surface area contributed by atoms with Crippen molar-refractivity contribution in [3.8, 4) is 0 Å². The standard InChI is InChI=1S/C33H51N3O10Si2/c1-32(2,3)47(7,8)45-25-23(24-26(43-24)28(38)34-21(30(39)40)19-42-18-20-14-12-11-13-15-20)44-29(36-17-16-22(37)35-31(36)41)27(25)46-48(9,10)33(4,5)6/h11-17,21,23-27,29H,18-19H2,1-10H3,(H,34,38)(H,39,40)(H,35,37,41)/t21-,23-,24-,25-,26+,27-,29-/m1/s1. The van der Waals surface area contributed by atoms with Gasteiger partial charge in [-0.15, -0.1) is 0 Å². The minimum absolute atomic E-state index is 0.187. The van der Waals surface area contributed by atoms with E-state index in [-0.39, 0.29) is 23.3 Å². The number of rotatable bonds is 13. The van der Waals surface area contributed by atoms with E-state index in [9.17, 15) is 24.3 Å². The van der Waals surface area contributed by atoms with Gasteiger partial charge in [0.1, 0.15) is 24.4 Å². The SMILES string of the molecule is CC(C)(C)[Si](C)(C)O[C@@H]1[C@@H]([C@H]2O[C@@H]2C(=O)N[C@H](COCc2ccccc2)C(=O)O)O[C@@H](n2ccc(=O)[nH]c2=O)[C@@H]1O[Si](C)(C)C(C)(C)C.